The molecule has 0 aliphatic carbocycles. The molecular formula is C15H16FN3O. The molecule has 0 aliphatic rings. The molecule has 104 valence electrons. The monoisotopic (exact) mass is 273 g/mol. The third-order valence-corrected chi connectivity index (χ3v) is 2.88. The zero-order chi connectivity index (χ0) is 14.5. The molecule has 0 aromatic heterocycles. The predicted octanol–water partition coefficient (Wildman–Crippen LogP) is 3.49. The van der Waals surface area contributed by atoms with Gasteiger partial charge in [-0.1, -0.05) is 18.2 Å². The van der Waals surface area contributed by atoms with Gasteiger partial charge in [-0.05, 0) is 42.8 Å². The number of halogens is 1. The number of rotatable bonds is 4. The Balaban J connectivity index is 2.09. The number of carbonyl (C=O) groups is 1. The molecule has 20 heavy (non-hydrogen) atoms. The van der Waals surface area contributed by atoms with Crippen LogP contribution in [0.3, 0.4) is 0 Å². The van der Waals surface area contributed by atoms with Crippen LogP contribution in [0.5, 0.6) is 0 Å². The Hall–Kier alpha value is -2.56. The fourth-order valence-electron chi connectivity index (χ4n) is 1.91. The number of carbonyl (C=O) groups excluding carboxylic acids is 1. The Morgan fingerprint density at radius 2 is 1.80 bits per heavy atom. The van der Waals surface area contributed by atoms with Crippen LogP contribution >= 0.6 is 0 Å². The van der Waals surface area contributed by atoms with Crippen LogP contribution in [-0.4, -0.2) is 6.03 Å². The Morgan fingerprint density at radius 1 is 1.15 bits per heavy atom. The third kappa shape index (κ3) is 3.71. The van der Waals surface area contributed by atoms with E-state index in [0.717, 1.165) is 11.3 Å². The quantitative estimate of drug-likeness (QED) is 0.798. The third-order valence-electron chi connectivity index (χ3n) is 2.88. The Bertz CT molecular complexity index is 598. The molecule has 1 atom stereocenters. The second kappa shape index (κ2) is 6.06. The Labute approximate surface area is 116 Å². The van der Waals surface area contributed by atoms with Gasteiger partial charge in [0.05, 0.1) is 0 Å². The lowest BCUT2D eigenvalue weighted by atomic mass is 10.1. The van der Waals surface area contributed by atoms with E-state index >= 15 is 0 Å². The van der Waals surface area contributed by atoms with Crippen LogP contribution in [0.2, 0.25) is 0 Å². The fraction of sp³-hybridized carbons (Fsp3) is 0.133. The van der Waals surface area contributed by atoms with E-state index in [2.05, 4.69) is 10.6 Å². The van der Waals surface area contributed by atoms with E-state index in [9.17, 15) is 9.18 Å². The van der Waals surface area contributed by atoms with E-state index in [1.54, 1.807) is 24.3 Å². The second-order valence-corrected chi connectivity index (χ2v) is 4.49. The van der Waals surface area contributed by atoms with Crippen LogP contribution in [0.25, 0.3) is 0 Å². The van der Waals surface area contributed by atoms with Gasteiger partial charge >= 0.3 is 6.03 Å². The summed E-state index contributed by atoms with van der Waals surface area (Å²) < 4.78 is 12.9. The number of primary amides is 1. The SMILES string of the molecule is CC(Nc1cccc(NC(N)=O)c1)c1ccc(F)cc1. The van der Waals surface area contributed by atoms with E-state index in [4.69, 9.17) is 5.73 Å². The summed E-state index contributed by atoms with van der Waals surface area (Å²) in [5, 5.41) is 5.79. The van der Waals surface area contributed by atoms with Crippen LogP contribution in [0.1, 0.15) is 18.5 Å². The van der Waals surface area contributed by atoms with Gasteiger partial charge in [-0.3, -0.25) is 0 Å². The molecule has 0 aliphatic heterocycles. The molecular weight excluding hydrogens is 257 g/mol. The molecule has 0 saturated heterocycles. The molecule has 2 aromatic carbocycles. The van der Waals surface area contributed by atoms with Crippen molar-refractivity contribution >= 4 is 17.4 Å². The molecule has 4 N–H and O–H groups in total. The summed E-state index contributed by atoms with van der Waals surface area (Å²) >= 11 is 0. The molecule has 0 bridgehead atoms. The molecule has 0 fully saturated rings. The first-order chi connectivity index (χ1) is 9.54. The van der Waals surface area contributed by atoms with Crippen LogP contribution in [-0.2, 0) is 0 Å². The molecule has 2 amide bonds. The van der Waals surface area contributed by atoms with E-state index < -0.39 is 6.03 Å². The summed E-state index contributed by atoms with van der Waals surface area (Å²) in [6, 6.07) is 13.0. The highest BCUT2D eigenvalue weighted by atomic mass is 19.1. The fourth-order valence-corrected chi connectivity index (χ4v) is 1.91. The molecule has 0 saturated carbocycles. The van der Waals surface area contributed by atoms with Gasteiger partial charge in [0.2, 0.25) is 0 Å². The van der Waals surface area contributed by atoms with Crippen molar-refractivity contribution in [2.24, 2.45) is 5.73 Å². The largest absolute Gasteiger partial charge is 0.378 e. The molecule has 2 rings (SSSR count). The zero-order valence-corrected chi connectivity index (χ0v) is 11.1. The van der Waals surface area contributed by atoms with Gasteiger partial charge in [0, 0.05) is 17.4 Å². The number of nitrogens with two attached hydrogens (primary N) is 1. The minimum absolute atomic E-state index is 0.0134. The Morgan fingerprint density at radius 3 is 2.45 bits per heavy atom. The molecule has 0 radical (unpaired) electrons. The van der Waals surface area contributed by atoms with Crippen molar-refractivity contribution in [2.75, 3.05) is 10.6 Å². The average molecular weight is 273 g/mol. The smallest absolute Gasteiger partial charge is 0.316 e. The minimum Gasteiger partial charge on any atom is -0.378 e. The van der Waals surface area contributed by atoms with Crippen molar-refractivity contribution in [2.45, 2.75) is 13.0 Å². The van der Waals surface area contributed by atoms with Crippen molar-refractivity contribution < 1.29 is 9.18 Å². The second-order valence-electron chi connectivity index (χ2n) is 4.49. The average Bonchev–Trinajstić information content (AvgIpc) is 2.39. The number of urea groups is 1. The van der Waals surface area contributed by atoms with Gasteiger partial charge in [-0.15, -0.1) is 0 Å². The summed E-state index contributed by atoms with van der Waals surface area (Å²) in [6.07, 6.45) is 0. The van der Waals surface area contributed by atoms with E-state index in [1.165, 1.54) is 12.1 Å². The molecule has 0 spiro atoms. The van der Waals surface area contributed by atoms with E-state index in [1.807, 2.05) is 19.1 Å². The normalized spacial score (nSPS) is 11.7. The maximum absolute atomic E-state index is 12.9. The van der Waals surface area contributed by atoms with Crippen molar-refractivity contribution in [1.82, 2.24) is 0 Å². The molecule has 5 heteroatoms. The van der Waals surface area contributed by atoms with Gasteiger partial charge in [0.1, 0.15) is 5.82 Å². The lowest BCUT2D eigenvalue weighted by Crippen LogP contribution is -2.19. The summed E-state index contributed by atoms with van der Waals surface area (Å²) in [5.74, 6) is -0.256. The number of benzene rings is 2. The van der Waals surface area contributed by atoms with Gasteiger partial charge < -0.3 is 16.4 Å². The van der Waals surface area contributed by atoms with Gasteiger partial charge in [-0.25, -0.2) is 9.18 Å². The molecule has 1 unspecified atom stereocenters. The molecule has 0 heterocycles. The topological polar surface area (TPSA) is 67.2 Å². The highest BCUT2D eigenvalue weighted by Gasteiger charge is 2.06. The minimum atomic E-state index is -0.603. The summed E-state index contributed by atoms with van der Waals surface area (Å²) in [5.41, 5.74) is 7.51. The molecule has 4 nitrogen and oxygen atoms in total. The summed E-state index contributed by atoms with van der Waals surface area (Å²) in [7, 11) is 0. The van der Waals surface area contributed by atoms with Gasteiger partial charge in [0.15, 0.2) is 0 Å². The lowest BCUT2D eigenvalue weighted by molar-refractivity contribution is 0.259. The van der Waals surface area contributed by atoms with Gasteiger partial charge in [0.25, 0.3) is 0 Å². The lowest BCUT2D eigenvalue weighted by Gasteiger charge is -2.16. The number of hydrogen-bond acceptors (Lipinski definition) is 2. The maximum Gasteiger partial charge on any atom is 0.316 e. The first-order valence-corrected chi connectivity index (χ1v) is 6.23. The van der Waals surface area contributed by atoms with Crippen LogP contribution < -0.4 is 16.4 Å². The van der Waals surface area contributed by atoms with Gasteiger partial charge in [-0.2, -0.15) is 0 Å². The van der Waals surface area contributed by atoms with E-state index in [0.29, 0.717) is 5.69 Å². The zero-order valence-electron chi connectivity index (χ0n) is 11.1. The standard InChI is InChI=1S/C15H16FN3O/c1-10(11-5-7-12(16)8-6-11)18-13-3-2-4-14(9-13)19-15(17)20/h2-10,18H,1H3,(H3,17,19,20). The molecule has 2 aromatic rings. The van der Waals surface area contributed by atoms with E-state index in [-0.39, 0.29) is 11.9 Å². The number of amides is 2. The van der Waals surface area contributed by atoms with Crippen LogP contribution in [0, 0.1) is 5.82 Å². The first-order valence-electron chi connectivity index (χ1n) is 6.23. The number of hydrogen-bond donors (Lipinski definition) is 3. The highest BCUT2D eigenvalue weighted by Crippen LogP contribution is 2.21. The maximum atomic E-state index is 12.9. The number of anilines is 2. The van der Waals surface area contributed by atoms with Crippen LogP contribution in [0.15, 0.2) is 48.5 Å². The number of nitrogens with one attached hydrogen (secondary N) is 2. The predicted molar refractivity (Wildman–Crippen MR) is 78.1 cm³/mol. The van der Waals surface area contributed by atoms with Crippen molar-refractivity contribution in [3.63, 3.8) is 0 Å². The first kappa shape index (κ1) is 13.9. The van der Waals surface area contributed by atoms with Crippen LogP contribution in [0.4, 0.5) is 20.6 Å². The highest BCUT2D eigenvalue weighted by molar-refractivity contribution is 5.88. The summed E-state index contributed by atoms with van der Waals surface area (Å²) in [4.78, 5) is 10.8. The Kier molecular flexibility index (Phi) is 4.20. The van der Waals surface area contributed by atoms with Crippen molar-refractivity contribution in [1.29, 1.82) is 0 Å². The summed E-state index contributed by atoms with van der Waals surface area (Å²) in [6.45, 7) is 1.97. The van der Waals surface area contributed by atoms with Crippen molar-refractivity contribution in [3.8, 4) is 0 Å². The van der Waals surface area contributed by atoms with Crippen molar-refractivity contribution in [3.05, 3.63) is 59.9 Å².